The Morgan fingerprint density at radius 1 is 1.18 bits per heavy atom. The minimum absolute atomic E-state index is 0.237. The number of hydrogen-bond acceptors (Lipinski definition) is 4. The Morgan fingerprint density at radius 3 is 2.59 bits per heavy atom. The van der Waals surface area contributed by atoms with Gasteiger partial charge in [-0.15, -0.1) is 0 Å². The maximum atomic E-state index is 11.8. The lowest BCUT2D eigenvalue weighted by Gasteiger charge is -2.07. The Kier molecular flexibility index (Phi) is 5.49. The van der Waals surface area contributed by atoms with Crippen LogP contribution in [0.5, 0.6) is 0 Å². The Bertz CT molecular complexity index is 736. The number of nitrogens with one attached hydrogen (secondary N) is 1. The van der Waals surface area contributed by atoms with E-state index in [2.05, 4.69) is 27.9 Å². The fraction of sp³-hybridized carbons (Fsp3) is 0.0625. The third-order valence-electron chi connectivity index (χ3n) is 2.69. The van der Waals surface area contributed by atoms with Crippen LogP contribution in [0.2, 0.25) is 0 Å². The molecule has 0 aliphatic carbocycles. The number of ether oxygens (including phenoxy) is 1. The fourth-order valence-corrected chi connectivity index (χ4v) is 2.02. The third kappa shape index (κ3) is 4.56. The van der Waals surface area contributed by atoms with Crippen LogP contribution in [0.4, 0.5) is 5.69 Å². The van der Waals surface area contributed by atoms with Gasteiger partial charge in [-0.2, -0.15) is 5.26 Å². The van der Waals surface area contributed by atoms with E-state index in [1.54, 1.807) is 24.3 Å². The molecular weight excluding hydrogens is 395 g/mol. The lowest BCUT2D eigenvalue weighted by atomic mass is 10.1. The summed E-state index contributed by atoms with van der Waals surface area (Å²) in [4.78, 5) is 23.5. The molecule has 0 aliphatic rings. The fourth-order valence-electron chi connectivity index (χ4n) is 1.66. The molecule has 0 bridgehead atoms. The Labute approximate surface area is 141 Å². The van der Waals surface area contributed by atoms with Gasteiger partial charge in [0.1, 0.15) is 0 Å². The van der Waals surface area contributed by atoms with Crippen molar-refractivity contribution in [2.45, 2.75) is 0 Å². The molecule has 0 fully saturated rings. The summed E-state index contributed by atoms with van der Waals surface area (Å²) in [7, 11) is 0. The average Bonchev–Trinajstić information content (AvgIpc) is 2.55. The van der Waals surface area contributed by atoms with Gasteiger partial charge < -0.3 is 10.1 Å². The minimum atomic E-state index is -0.644. The molecule has 1 amide bonds. The second-order valence-corrected chi connectivity index (χ2v) is 5.57. The molecule has 1 N–H and O–H groups in total. The van der Waals surface area contributed by atoms with Crippen LogP contribution in [-0.2, 0) is 9.53 Å². The zero-order chi connectivity index (χ0) is 15.9. The number of hydrogen-bond donors (Lipinski definition) is 1. The topological polar surface area (TPSA) is 79.2 Å². The minimum Gasteiger partial charge on any atom is -0.452 e. The highest BCUT2D eigenvalue weighted by molar-refractivity contribution is 14.1. The first-order chi connectivity index (χ1) is 10.6. The molecule has 22 heavy (non-hydrogen) atoms. The summed E-state index contributed by atoms with van der Waals surface area (Å²) in [5.74, 6) is -1.07. The number of carbonyl (C=O) groups is 2. The molecule has 110 valence electrons. The number of rotatable bonds is 4. The quantitative estimate of drug-likeness (QED) is 0.626. The highest BCUT2D eigenvalue weighted by atomic mass is 127. The number of carbonyl (C=O) groups excluding carboxylic acids is 2. The summed E-state index contributed by atoms with van der Waals surface area (Å²) in [6, 6.07) is 15.3. The third-order valence-corrected chi connectivity index (χ3v) is 3.41. The molecule has 0 spiro atoms. The van der Waals surface area contributed by atoms with Crippen molar-refractivity contribution >= 4 is 40.2 Å². The van der Waals surface area contributed by atoms with E-state index in [4.69, 9.17) is 10.00 Å². The summed E-state index contributed by atoms with van der Waals surface area (Å²) in [6.07, 6.45) is 0. The zero-order valence-electron chi connectivity index (χ0n) is 11.4. The highest BCUT2D eigenvalue weighted by Gasteiger charge is 2.11. The number of esters is 1. The normalized spacial score (nSPS) is 9.64. The van der Waals surface area contributed by atoms with E-state index in [0.29, 0.717) is 11.3 Å². The van der Waals surface area contributed by atoms with Crippen molar-refractivity contribution in [2.75, 3.05) is 11.9 Å². The van der Waals surface area contributed by atoms with Crippen molar-refractivity contribution in [2.24, 2.45) is 0 Å². The number of amides is 1. The van der Waals surface area contributed by atoms with Gasteiger partial charge in [-0.05, 0) is 65.1 Å². The molecule has 0 saturated heterocycles. The lowest BCUT2D eigenvalue weighted by molar-refractivity contribution is -0.119. The predicted octanol–water partition coefficient (Wildman–Crippen LogP) is 2.96. The van der Waals surface area contributed by atoms with Crippen molar-refractivity contribution in [3.05, 3.63) is 63.2 Å². The van der Waals surface area contributed by atoms with Gasteiger partial charge in [-0.3, -0.25) is 4.79 Å². The lowest BCUT2D eigenvalue weighted by Crippen LogP contribution is -2.20. The summed E-state index contributed by atoms with van der Waals surface area (Å²) < 4.78 is 5.98. The summed E-state index contributed by atoms with van der Waals surface area (Å²) in [6.45, 7) is -0.387. The van der Waals surface area contributed by atoms with Crippen LogP contribution in [0.15, 0.2) is 48.5 Å². The van der Waals surface area contributed by atoms with Gasteiger partial charge in [0.25, 0.3) is 5.91 Å². The maximum absolute atomic E-state index is 11.8. The van der Waals surface area contributed by atoms with Gasteiger partial charge in [-0.25, -0.2) is 4.79 Å². The largest absolute Gasteiger partial charge is 0.452 e. The first-order valence-electron chi connectivity index (χ1n) is 6.31. The molecule has 5 nitrogen and oxygen atoms in total. The van der Waals surface area contributed by atoms with Gasteiger partial charge in [0, 0.05) is 9.26 Å². The van der Waals surface area contributed by atoms with Gasteiger partial charge in [0.15, 0.2) is 6.61 Å². The van der Waals surface area contributed by atoms with Crippen molar-refractivity contribution in [3.63, 3.8) is 0 Å². The SMILES string of the molecule is N#Cc1cccc(C(=O)OCC(=O)Nc2ccc(I)cc2)c1. The molecule has 0 aliphatic heterocycles. The molecule has 0 unspecified atom stereocenters. The van der Waals surface area contributed by atoms with Crippen LogP contribution < -0.4 is 5.32 Å². The molecule has 0 saturated carbocycles. The summed E-state index contributed by atoms with van der Waals surface area (Å²) >= 11 is 2.16. The summed E-state index contributed by atoms with van der Waals surface area (Å²) in [5, 5.41) is 11.4. The zero-order valence-corrected chi connectivity index (χ0v) is 13.5. The van der Waals surface area contributed by atoms with Crippen LogP contribution >= 0.6 is 22.6 Å². The molecule has 0 heterocycles. The number of anilines is 1. The molecule has 2 aromatic rings. The number of benzene rings is 2. The van der Waals surface area contributed by atoms with Crippen LogP contribution in [0.3, 0.4) is 0 Å². The van der Waals surface area contributed by atoms with E-state index in [-0.39, 0.29) is 12.2 Å². The number of nitriles is 1. The van der Waals surface area contributed by atoms with E-state index in [9.17, 15) is 9.59 Å². The van der Waals surface area contributed by atoms with Crippen LogP contribution in [0.25, 0.3) is 0 Å². The Balaban J connectivity index is 1.89. The second-order valence-electron chi connectivity index (χ2n) is 4.32. The molecule has 0 atom stereocenters. The predicted molar refractivity (Wildman–Crippen MR) is 89.2 cm³/mol. The van der Waals surface area contributed by atoms with E-state index >= 15 is 0 Å². The average molecular weight is 406 g/mol. The Morgan fingerprint density at radius 2 is 1.91 bits per heavy atom. The van der Waals surface area contributed by atoms with Crippen LogP contribution in [-0.4, -0.2) is 18.5 Å². The van der Waals surface area contributed by atoms with E-state index < -0.39 is 11.9 Å². The highest BCUT2D eigenvalue weighted by Crippen LogP contribution is 2.11. The van der Waals surface area contributed by atoms with Gasteiger partial charge in [0.2, 0.25) is 0 Å². The van der Waals surface area contributed by atoms with Crippen LogP contribution in [0.1, 0.15) is 15.9 Å². The monoisotopic (exact) mass is 406 g/mol. The van der Waals surface area contributed by atoms with Crippen LogP contribution in [0, 0.1) is 14.9 Å². The van der Waals surface area contributed by atoms with Gasteiger partial charge in [0.05, 0.1) is 17.2 Å². The Hall–Kier alpha value is -2.40. The van der Waals surface area contributed by atoms with Crippen molar-refractivity contribution in [1.82, 2.24) is 0 Å². The molecule has 0 radical (unpaired) electrons. The second kappa shape index (κ2) is 7.56. The molecule has 2 aromatic carbocycles. The standard InChI is InChI=1S/C16H11IN2O3/c17-13-4-6-14(7-5-13)19-15(20)10-22-16(21)12-3-1-2-11(8-12)9-18/h1-8H,10H2,(H,19,20). The molecule has 0 aromatic heterocycles. The molecule has 6 heteroatoms. The van der Waals surface area contributed by atoms with E-state index in [1.807, 2.05) is 18.2 Å². The molecular formula is C16H11IN2O3. The van der Waals surface area contributed by atoms with E-state index in [0.717, 1.165) is 3.57 Å². The maximum Gasteiger partial charge on any atom is 0.338 e. The first-order valence-corrected chi connectivity index (χ1v) is 7.39. The molecule has 2 rings (SSSR count). The summed E-state index contributed by atoms with van der Waals surface area (Å²) in [5.41, 5.74) is 1.23. The number of nitrogens with zero attached hydrogens (tertiary/aromatic N) is 1. The smallest absolute Gasteiger partial charge is 0.338 e. The van der Waals surface area contributed by atoms with E-state index in [1.165, 1.54) is 12.1 Å². The first kappa shape index (κ1) is 16.0. The van der Waals surface area contributed by atoms with Crippen molar-refractivity contribution in [3.8, 4) is 6.07 Å². The van der Waals surface area contributed by atoms with Crippen molar-refractivity contribution < 1.29 is 14.3 Å². The van der Waals surface area contributed by atoms with Gasteiger partial charge >= 0.3 is 5.97 Å². The number of halogens is 1. The van der Waals surface area contributed by atoms with Crippen molar-refractivity contribution in [1.29, 1.82) is 5.26 Å². The van der Waals surface area contributed by atoms with Gasteiger partial charge in [-0.1, -0.05) is 6.07 Å².